The number of anilines is 1. The molecule has 0 unspecified atom stereocenters. The van der Waals surface area contributed by atoms with Crippen molar-refractivity contribution >= 4 is 31.9 Å². The van der Waals surface area contributed by atoms with Gasteiger partial charge in [0.2, 0.25) is 0 Å². The Morgan fingerprint density at radius 3 is 2.72 bits per heavy atom. The van der Waals surface area contributed by atoms with Crippen molar-refractivity contribution in [1.29, 1.82) is 0 Å². The second-order valence-corrected chi connectivity index (χ2v) is 7.20. The Morgan fingerprint density at radius 2 is 2.22 bits per heavy atom. The third kappa shape index (κ3) is 2.62. The van der Waals surface area contributed by atoms with Gasteiger partial charge in [-0.25, -0.2) is 13.5 Å². The molecule has 0 spiro atoms. The standard InChI is InChI=1S/C9H12N2O5S2/c1-18(14,15)8-6-7(11(12)13)9(17-8)10-4-2-3-5-16-10/h6H,2-5H2,1H3. The number of rotatable bonds is 3. The first-order valence-electron chi connectivity index (χ1n) is 5.28. The fraction of sp³-hybridized carbons (Fsp3) is 0.556. The fourth-order valence-corrected chi connectivity index (χ4v) is 3.61. The number of hydrogen-bond donors (Lipinski definition) is 0. The summed E-state index contributed by atoms with van der Waals surface area (Å²) in [6, 6.07) is 1.09. The topological polar surface area (TPSA) is 89.8 Å². The highest BCUT2D eigenvalue weighted by atomic mass is 32.2. The lowest BCUT2D eigenvalue weighted by molar-refractivity contribution is -0.384. The summed E-state index contributed by atoms with van der Waals surface area (Å²) in [4.78, 5) is 15.7. The molecule has 0 radical (unpaired) electrons. The van der Waals surface area contributed by atoms with E-state index in [1.165, 1.54) is 5.06 Å². The average molecular weight is 292 g/mol. The first-order valence-corrected chi connectivity index (χ1v) is 7.99. The summed E-state index contributed by atoms with van der Waals surface area (Å²) in [7, 11) is -3.44. The lowest BCUT2D eigenvalue weighted by Gasteiger charge is -2.25. The lowest BCUT2D eigenvalue weighted by atomic mass is 10.3. The third-order valence-electron chi connectivity index (χ3n) is 2.46. The molecule has 1 aromatic rings. The summed E-state index contributed by atoms with van der Waals surface area (Å²) in [6.45, 7) is 1.02. The molecule has 1 saturated heterocycles. The van der Waals surface area contributed by atoms with E-state index in [4.69, 9.17) is 4.84 Å². The predicted octanol–water partition coefficient (Wildman–Crippen LogP) is 1.59. The number of sulfone groups is 1. The number of nitro groups is 1. The van der Waals surface area contributed by atoms with E-state index in [9.17, 15) is 18.5 Å². The Morgan fingerprint density at radius 1 is 1.50 bits per heavy atom. The van der Waals surface area contributed by atoms with Gasteiger partial charge in [0.25, 0.3) is 0 Å². The van der Waals surface area contributed by atoms with Crippen LogP contribution in [0.25, 0.3) is 0 Å². The van der Waals surface area contributed by atoms with Crippen molar-refractivity contribution in [1.82, 2.24) is 0 Å². The maximum atomic E-state index is 11.4. The summed E-state index contributed by atoms with van der Waals surface area (Å²) in [6.07, 6.45) is 2.79. The minimum Gasteiger partial charge on any atom is -0.272 e. The maximum absolute atomic E-state index is 11.4. The van der Waals surface area contributed by atoms with Crippen LogP contribution >= 0.6 is 11.3 Å². The van der Waals surface area contributed by atoms with Crippen LogP contribution in [0.1, 0.15) is 12.8 Å². The monoisotopic (exact) mass is 292 g/mol. The van der Waals surface area contributed by atoms with Crippen molar-refractivity contribution in [2.45, 2.75) is 17.1 Å². The van der Waals surface area contributed by atoms with Crippen molar-refractivity contribution in [3.8, 4) is 0 Å². The zero-order chi connectivity index (χ0) is 13.3. The van der Waals surface area contributed by atoms with Crippen LogP contribution in [0, 0.1) is 10.1 Å². The van der Waals surface area contributed by atoms with Gasteiger partial charge in [-0.15, -0.1) is 0 Å². The zero-order valence-electron chi connectivity index (χ0n) is 9.66. The predicted molar refractivity (Wildman–Crippen MR) is 66.6 cm³/mol. The number of hydrogen-bond acceptors (Lipinski definition) is 7. The largest absolute Gasteiger partial charge is 0.307 e. The van der Waals surface area contributed by atoms with Gasteiger partial charge >= 0.3 is 5.69 Å². The average Bonchev–Trinajstić information content (AvgIpc) is 2.74. The normalized spacial score (nSPS) is 16.8. The molecule has 9 heteroatoms. The van der Waals surface area contributed by atoms with Crippen LogP contribution in [-0.2, 0) is 14.7 Å². The molecule has 0 aromatic carbocycles. The maximum Gasteiger partial charge on any atom is 0.307 e. The van der Waals surface area contributed by atoms with Crippen molar-refractivity contribution < 1.29 is 18.2 Å². The molecule has 0 bridgehead atoms. The lowest BCUT2D eigenvalue weighted by Crippen LogP contribution is -2.29. The smallest absolute Gasteiger partial charge is 0.272 e. The van der Waals surface area contributed by atoms with Crippen molar-refractivity contribution in [2.24, 2.45) is 0 Å². The molecule has 0 saturated carbocycles. The van der Waals surface area contributed by atoms with Crippen LogP contribution in [0.5, 0.6) is 0 Å². The first-order chi connectivity index (χ1) is 8.39. The zero-order valence-corrected chi connectivity index (χ0v) is 11.3. The van der Waals surface area contributed by atoms with Gasteiger partial charge in [-0.2, -0.15) is 0 Å². The van der Waals surface area contributed by atoms with Gasteiger partial charge in [0.15, 0.2) is 14.8 Å². The van der Waals surface area contributed by atoms with Crippen LogP contribution in [0.15, 0.2) is 10.3 Å². The molecule has 7 nitrogen and oxygen atoms in total. The highest BCUT2D eigenvalue weighted by molar-refractivity contribution is 7.92. The van der Waals surface area contributed by atoms with Crippen LogP contribution in [0.2, 0.25) is 0 Å². The van der Waals surface area contributed by atoms with Crippen LogP contribution in [0.4, 0.5) is 10.7 Å². The summed E-state index contributed by atoms with van der Waals surface area (Å²) >= 11 is 0.873. The van der Waals surface area contributed by atoms with Crippen LogP contribution in [0.3, 0.4) is 0 Å². The molecular weight excluding hydrogens is 280 g/mol. The Bertz CT molecular complexity index is 560. The molecule has 0 atom stereocenters. The second-order valence-electron chi connectivity index (χ2n) is 3.93. The van der Waals surface area contributed by atoms with Crippen molar-refractivity contribution in [3.63, 3.8) is 0 Å². The van der Waals surface area contributed by atoms with E-state index < -0.39 is 14.8 Å². The summed E-state index contributed by atoms with van der Waals surface area (Å²) in [5.41, 5.74) is -0.220. The van der Waals surface area contributed by atoms with Gasteiger partial charge in [0, 0.05) is 18.9 Å². The Labute approximate surface area is 108 Å². The van der Waals surface area contributed by atoms with E-state index in [-0.39, 0.29) is 14.9 Å². The number of nitrogens with zero attached hydrogens (tertiary/aromatic N) is 2. The highest BCUT2D eigenvalue weighted by Crippen LogP contribution is 2.40. The first kappa shape index (κ1) is 13.2. The van der Waals surface area contributed by atoms with Gasteiger partial charge in [0.1, 0.15) is 4.21 Å². The van der Waals surface area contributed by atoms with Crippen LogP contribution < -0.4 is 5.06 Å². The quantitative estimate of drug-likeness (QED) is 0.621. The highest BCUT2D eigenvalue weighted by Gasteiger charge is 2.28. The molecule has 0 N–H and O–H groups in total. The molecule has 1 aliphatic heterocycles. The van der Waals surface area contributed by atoms with Gasteiger partial charge < -0.3 is 0 Å². The van der Waals surface area contributed by atoms with E-state index in [1.54, 1.807) is 0 Å². The molecule has 1 aliphatic rings. The second kappa shape index (κ2) is 4.82. The van der Waals surface area contributed by atoms with Crippen LogP contribution in [-0.4, -0.2) is 32.7 Å². The van der Waals surface area contributed by atoms with Gasteiger partial charge in [-0.05, 0) is 12.8 Å². The van der Waals surface area contributed by atoms with Gasteiger partial charge in [-0.3, -0.25) is 15.0 Å². The molecule has 2 heterocycles. The number of hydroxylamine groups is 1. The molecule has 18 heavy (non-hydrogen) atoms. The third-order valence-corrected chi connectivity index (χ3v) is 5.39. The SMILES string of the molecule is CS(=O)(=O)c1cc([N+](=O)[O-])c(N2CCCCO2)s1. The van der Waals surface area contributed by atoms with E-state index in [0.717, 1.165) is 36.5 Å². The van der Waals surface area contributed by atoms with Crippen molar-refractivity contribution in [3.05, 3.63) is 16.2 Å². The molecule has 1 fully saturated rings. The summed E-state index contributed by atoms with van der Waals surface area (Å²) < 4.78 is 22.8. The van der Waals surface area contributed by atoms with Gasteiger partial charge in [0.05, 0.1) is 11.5 Å². The summed E-state index contributed by atoms with van der Waals surface area (Å²) in [5, 5.41) is 12.6. The Hall–Kier alpha value is -1.19. The molecule has 0 aliphatic carbocycles. The Balaban J connectivity index is 2.44. The molecule has 1 aromatic heterocycles. The van der Waals surface area contributed by atoms with Crippen molar-refractivity contribution in [2.75, 3.05) is 24.5 Å². The molecule has 100 valence electrons. The minimum atomic E-state index is -3.44. The Kier molecular flexibility index (Phi) is 3.55. The summed E-state index contributed by atoms with van der Waals surface area (Å²) in [5.74, 6) is 0. The molecule has 2 rings (SSSR count). The van der Waals surface area contributed by atoms with Gasteiger partial charge in [-0.1, -0.05) is 11.3 Å². The van der Waals surface area contributed by atoms with E-state index in [2.05, 4.69) is 0 Å². The fourth-order valence-electron chi connectivity index (χ4n) is 1.60. The number of thiophene rings is 1. The van der Waals surface area contributed by atoms with E-state index >= 15 is 0 Å². The molecular formula is C9H12N2O5S2. The molecule has 0 amide bonds. The van der Waals surface area contributed by atoms with E-state index in [1.807, 2.05) is 0 Å². The minimum absolute atomic E-state index is 0.0154. The van der Waals surface area contributed by atoms with E-state index in [0.29, 0.717) is 13.2 Å².